The van der Waals surface area contributed by atoms with Crippen LogP contribution < -0.4 is 15.8 Å². The second-order valence-corrected chi connectivity index (χ2v) is 5.98. The van der Waals surface area contributed by atoms with Crippen molar-refractivity contribution in [3.63, 3.8) is 0 Å². The predicted molar refractivity (Wildman–Crippen MR) is 81.2 cm³/mol. The van der Waals surface area contributed by atoms with Gasteiger partial charge in [-0.15, -0.1) is 0 Å². The first kappa shape index (κ1) is 13.3. The fourth-order valence-electron chi connectivity index (χ4n) is 2.81. The van der Waals surface area contributed by atoms with E-state index in [0.29, 0.717) is 12.0 Å². The molecule has 2 fully saturated rings. The lowest BCUT2D eigenvalue weighted by Gasteiger charge is -2.41. The molecule has 1 aromatic rings. The third kappa shape index (κ3) is 2.74. The topological polar surface area (TPSA) is 59.6 Å². The van der Waals surface area contributed by atoms with Crippen molar-refractivity contribution in [1.29, 1.82) is 0 Å². The van der Waals surface area contributed by atoms with Gasteiger partial charge in [0.25, 0.3) is 0 Å². The second-order valence-electron chi connectivity index (χ2n) is 5.98. The predicted octanol–water partition coefficient (Wildman–Crippen LogP) is 2.18. The summed E-state index contributed by atoms with van der Waals surface area (Å²) in [4.78, 5) is 4.57. The molecule has 20 heavy (non-hydrogen) atoms. The van der Waals surface area contributed by atoms with E-state index < -0.39 is 0 Å². The highest BCUT2D eigenvalue weighted by Crippen LogP contribution is 2.44. The highest BCUT2D eigenvalue weighted by molar-refractivity contribution is 5.78. The molecule has 0 spiro atoms. The lowest BCUT2D eigenvalue weighted by atomic mass is 9.64. The molecule has 4 heteroatoms. The normalized spacial score (nSPS) is 21.1. The van der Waals surface area contributed by atoms with Gasteiger partial charge in [0.15, 0.2) is 5.96 Å². The molecule has 0 heterocycles. The fraction of sp³-hybridized carbons (Fsp3) is 0.562. The monoisotopic (exact) mass is 273 g/mol. The number of ether oxygens (including phenoxy) is 1. The molecule has 0 amide bonds. The van der Waals surface area contributed by atoms with Gasteiger partial charge in [-0.25, -0.2) is 0 Å². The first-order valence-corrected chi connectivity index (χ1v) is 7.43. The Balaban J connectivity index is 1.69. The van der Waals surface area contributed by atoms with E-state index in [4.69, 9.17) is 10.5 Å². The molecule has 2 aliphatic carbocycles. The summed E-state index contributed by atoms with van der Waals surface area (Å²) >= 11 is 0. The van der Waals surface area contributed by atoms with Crippen molar-refractivity contribution < 1.29 is 4.74 Å². The van der Waals surface area contributed by atoms with Crippen molar-refractivity contribution in [2.24, 2.45) is 10.7 Å². The molecule has 0 saturated heterocycles. The van der Waals surface area contributed by atoms with Gasteiger partial charge in [0.05, 0.1) is 13.7 Å². The molecule has 0 aromatic heterocycles. The first-order valence-electron chi connectivity index (χ1n) is 7.43. The van der Waals surface area contributed by atoms with Gasteiger partial charge in [-0.05, 0) is 43.4 Å². The van der Waals surface area contributed by atoms with Crippen LogP contribution in [0.2, 0.25) is 0 Å². The molecule has 0 radical (unpaired) electrons. The van der Waals surface area contributed by atoms with Gasteiger partial charge < -0.3 is 15.8 Å². The van der Waals surface area contributed by atoms with Crippen molar-refractivity contribution in [1.82, 2.24) is 5.32 Å². The summed E-state index contributed by atoms with van der Waals surface area (Å²) in [5, 5.41) is 3.25. The number of hydrogen-bond donors (Lipinski definition) is 2. The molecule has 2 saturated carbocycles. The lowest BCUT2D eigenvalue weighted by Crippen LogP contribution is -2.40. The van der Waals surface area contributed by atoms with E-state index in [1.54, 1.807) is 7.11 Å². The number of methoxy groups -OCH3 is 1. The SMILES string of the molecule is COc1ccc(C2(CN=C(N)NC3CC3)CCC2)cc1. The summed E-state index contributed by atoms with van der Waals surface area (Å²) in [6.07, 6.45) is 6.11. The zero-order chi connectivity index (χ0) is 14.0. The molecule has 3 N–H and O–H groups in total. The van der Waals surface area contributed by atoms with E-state index in [1.807, 2.05) is 12.1 Å². The smallest absolute Gasteiger partial charge is 0.188 e. The Kier molecular flexibility index (Phi) is 3.55. The Bertz CT molecular complexity index is 487. The Hall–Kier alpha value is -1.71. The maximum absolute atomic E-state index is 5.94. The summed E-state index contributed by atoms with van der Waals surface area (Å²) < 4.78 is 5.22. The maximum Gasteiger partial charge on any atom is 0.188 e. The summed E-state index contributed by atoms with van der Waals surface area (Å²) in [5.74, 6) is 1.51. The van der Waals surface area contributed by atoms with Gasteiger partial charge in [-0.1, -0.05) is 18.6 Å². The molecule has 0 atom stereocenters. The number of nitrogens with zero attached hydrogens (tertiary/aromatic N) is 1. The number of nitrogens with one attached hydrogen (secondary N) is 1. The Morgan fingerprint density at radius 3 is 2.55 bits per heavy atom. The van der Waals surface area contributed by atoms with E-state index in [0.717, 1.165) is 12.3 Å². The first-order chi connectivity index (χ1) is 9.72. The van der Waals surface area contributed by atoms with Crippen LogP contribution in [-0.2, 0) is 5.41 Å². The third-order valence-electron chi connectivity index (χ3n) is 4.49. The summed E-state index contributed by atoms with van der Waals surface area (Å²) in [6, 6.07) is 8.96. The third-order valence-corrected chi connectivity index (χ3v) is 4.49. The van der Waals surface area contributed by atoms with E-state index in [2.05, 4.69) is 22.4 Å². The molecule has 0 unspecified atom stereocenters. The largest absolute Gasteiger partial charge is 0.497 e. The molecule has 0 aliphatic heterocycles. The molecule has 0 bridgehead atoms. The lowest BCUT2D eigenvalue weighted by molar-refractivity contribution is 0.253. The van der Waals surface area contributed by atoms with E-state index >= 15 is 0 Å². The van der Waals surface area contributed by atoms with Crippen molar-refractivity contribution in [2.75, 3.05) is 13.7 Å². The van der Waals surface area contributed by atoms with E-state index in [-0.39, 0.29) is 5.41 Å². The highest BCUT2D eigenvalue weighted by Gasteiger charge is 2.38. The van der Waals surface area contributed by atoms with Crippen molar-refractivity contribution in [3.05, 3.63) is 29.8 Å². The van der Waals surface area contributed by atoms with Crippen molar-refractivity contribution >= 4 is 5.96 Å². The quantitative estimate of drug-likeness (QED) is 0.638. The molecule has 4 nitrogen and oxygen atoms in total. The van der Waals surface area contributed by atoms with Crippen LogP contribution in [0.1, 0.15) is 37.7 Å². The van der Waals surface area contributed by atoms with Gasteiger partial charge in [0, 0.05) is 11.5 Å². The fourth-order valence-corrected chi connectivity index (χ4v) is 2.81. The van der Waals surface area contributed by atoms with Gasteiger partial charge in [-0.3, -0.25) is 4.99 Å². The summed E-state index contributed by atoms with van der Waals surface area (Å²) in [5.41, 5.74) is 7.48. The standard InChI is InChI=1S/C16H23N3O/c1-20-14-7-3-12(4-8-14)16(9-2-10-16)11-18-15(17)19-13-5-6-13/h3-4,7-8,13H,2,5-6,9-11H2,1H3,(H3,17,18,19). The Morgan fingerprint density at radius 2 is 2.05 bits per heavy atom. The Labute approximate surface area is 120 Å². The van der Waals surface area contributed by atoms with Crippen LogP contribution in [0.5, 0.6) is 5.75 Å². The van der Waals surface area contributed by atoms with E-state index in [1.165, 1.54) is 37.7 Å². The molecule has 1 aromatic carbocycles. The van der Waals surface area contributed by atoms with Crippen LogP contribution in [0.25, 0.3) is 0 Å². The Morgan fingerprint density at radius 1 is 1.35 bits per heavy atom. The average Bonchev–Trinajstić information content (AvgIpc) is 3.22. The van der Waals surface area contributed by atoms with Crippen molar-refractivity contribution in [2.45, 2.75) is 43.6 Å². The maximum atomic E-state index is 5.94. The number of rotatable bonds is 5. The zero-order valence-electron chi connectivity index (χ0n) is 12.1. The number of aliphatic imine (C=N–C) groups is 1. The van der Waals surface area contributed by atoms with Gasteiger partial charge in [0.2, 0.25) is 0 Å². The second kappa shape index (κ2) is 5.35. The molecular formula is C16H23N3O. The number of nitrogens with two attached hydrogens (primary N) is 1. The molecular weight excluding hydrogens is 250 g/mol. The van der Waals surface area contributed by atoms with E-state index in [9.17, 15) is 0 Å². The summed E-state index contributed by atoms with van der Waals surface area (Å²) in [6.45, 7) is 0.783. The van der Waals surface area contributed by atoms with Crippen LogP contribution in [-0.4, -0.2) is 25.7 Å². The minimum Gasteiger partial charge on any atom is -0.497 e. The molecule has 3 rings (SSSR count). The van der Waals surface area contributed by atoms with Gasteiger partial charge in [-0.2, -0.15) is 0 Å². The van der Waals surface area contributed by atoms with Crippen molar-refractivity contribution in [3.8, 4) is 5.75 Å². The minimum absolute atomic E-state index is 0.183. The molecule has 108 valence electrons. The number of hydrogen-bond acceptors (Lipinski definition) is 2. The number of benzene rings is 1. The van der Waals surface area contributed by atoms with Gasteiger partial charge in [0.1, 0.15) is 5.75 Å². The van der Waals surface area contributed by atoms with Crippen LogP contribution >= 0.6 is 0 Å². The van der Waals surface area contributed by atoms with Crippen LogP contribution in [0.15, 0.2) is 29.3 Å². The van der Waals surface area contributed by atoms with Gasteiger partial charge >= 0.3 is 0 Å². The highest BCUT2D eigenvalue weighted by atomic mass is 16.5. The number of guanidine groups is 1. The summed E-state index contributed by atoms with van der Waals surface area (Å²) in [7, 11) is 1.70. The average molecular weight is 273 g/mol. The minimum atomic E-state index is 0.183. The van der Waals surface area contributed by atoms with Crippen LogP contribution in [0.3, 0.4) is 0 Å². The molecule has 2 aliphatic rings. The van der Waals surface area contributed by atoms with Crippen LogP contribution in [0, 0.1) is 0 Å². The zero-order valence-corrected chi connectivity index (χ0v) is 12.1. The van der Waals surface area contributed by atoms with Crippen LogP contribution in [0.4, 0.5) is 0 Å².